The largest absolute Gasteiger partial charge is 0.306 e. The van der Waals surface area contributed by atoms with Crippen LogP contribution in [0.1, 0.15) is 38.3 Å². The highest BCUT2D eigenvalue weighted by molar-refractivity contribution is 7.09. The fraction of sp³-hybridized carbons (Fsp3) is 0.438. The maximum atomic E-state index is 4.70. The third-order valence-electron chi connectivity index (χ3n) is 2.98. The molecule has 1 aromatic carbocycles. The van der Waals surface area contributed by atoms with E-state index in [1.165, 1.54) is 11.1 Å². The van der Waals surface area contributed by atoms with E-state index in [0.717, 1.165) is 23.7 Å². The van der Waals surface area contributed by atoms with E-state index in [0.29, 0.717) is 0 Å². The summed E-state index contributed by atoms with van der Waals surface area (Å²) >= 11 is 1.72. The molecule has 0 bridgehead atoms. The molecular weight excluding hydrogens is 252 g/mol. The van der Waals surface area contributed by atoms with Gasteiger partial charge < -0.3 is 5.32 Å². The molecule has 3 heteroatoms. The molecule has 0 aliphatic carbocycles. The summed E-state index contributed by atoms with van der Waals surface area (Å²) in [7, 11) is 0. The minimum absolute atomic E-state index is 0.134. The fourth-order valence-corrected chi connectivity index (χ4v) is 2.52. The van der Waals surface area contributed by atoms with Gasteiger partial charge in [-0.1, -0.05) is 31.2 Å². The minimum Gasteiger partial charge on any atom is -0.306 e. The smallest absolute Gasteiger partial charge is 0.107 e. The molecule has 0 atom stereocenters. The Balaban J connectivity index is 2.07. The normalized spacial score (nSPS) is 11.8. The highest BCUT2D eigenvalue weighted by Crippen LogP contribution is 2.22. The number of nitrogens with one attached hydrogen (secondary N) is 1. The predicted octanol–water partition coefficient (Wildman–Crippen LogP) is 4.26. The van der Waals surface area contributed by atoms with Gasteiger partial charge in [-0.3, -0.25) is 0 Å². The van der Waals surface area contributed by atoms with Crippen LogP contribution in [0.15, 0.2) is 29.6 Å². The van der Waals surface area contributed by atoms with Crippen molar-refractivity contribution in [1.82, 2.24) is 10.3 Å². The lowest BCUT2D eigenvalue weighted by atomic mass is 10.1. The molecule has 1 heterocycles. The fourth-order valence-electron chi connectivity index (χ4n) is 1.78. The van der Waals surface area contributed by atoms with Crippen LogP contribution in [0, 0.1) is 0 Å². The molecule has 0 aliphatic heterocycles. The monoisotopic (exact) mass is 274 g/mol. The summed E-state index contributed by atoms with van der Waals surface area (Å²) in [5, 5.41) is 6.75. The van der Waals surface area contributed by atoms with Crippen LogP contribution >= 0.6 is 11.3 Å². The quantitative estimate of drug-likeness (QED) is 0.901. The summed E-state index contributed by atoms with van der Waals surface area (Å²) in [6.07, 6.45) is 1.08. The van der Waals surface area contributed by atoms with Crippen LogP contribution < -0.4 is 5.32 Å². The molecule has 0 radical (unpaired) electrons. The molecule has 0 saturated heterocycles. The number of aromatic nitrogens is 1. The van der Waals surface area contributed by atoms with Crippen LogP contribution in [0.5, 0.6) is 0 Å². The van der Waals surface area contributed by atoms with Gasteiger partial charge in [0.1, 0.15) is 5.01 Å². The summed E-state index contributed by atoms with van der Waals surface area (Å²) in [6.45, 7) is 9.52. The lowest BCUT2D eigenvalue weighted by molar-refractivity contribution is 0.424. The first-order valence-electron chi connectivity index (χ1n) is 6.76. The zero-order valence-electron chi connectivity index (χ0n) is 12.2. The molecule has 0 fully saturated rings. The van der Waals surface area contributed by atoms with Gasteiger partial charge in [-0.25, -0.2) is 4.98 Å². The van der Waals surface area contributed by atoms with E-state index >= 15 is 0 Å². The van der Waals surface area contributed by atoms with Crippen molar-refractivity contribution in [3.63, 3.8) is 0 Å². The van der Waals surface area contributed by atoms with Crippen LogP contribution in [-0.2, 0) is 13.0 Å². The molecule has 2 rings (SSSR count). The van der Waals surface area contributed by atoms with E-state index < -0.39 is 0 Å². The van der Waals surface area contributed by atoms with Gasteiger partial charge in [0.2, 0.25) is 0 Å². The maximum Gasteiger partial charge on any atom is 0.107 e. The van der Waals surface area contributed by atoms with Crippen molar-refractivity contribution in [3.8, 4) is 11.3 Å². The van der Waals surface area contributed by atoms with Gasteiger partial charge in [-0.05, 0) is 32.8 Å². The summed E-state index contributed by atoms with van der Waals surface area (Å²) in [5.74, 6) is 0. The second-order valence-electron chi connectivity index (χ2n) is 5.78. The van der Waals surface area contributed by atoms with E-state index in [2.05, 4.69) is 62.7 Å². The van der Waals surface area contributed by atoms with Gasteiger partial charge in [0.15, 0.2) is 0 Å². The lowest BCUT2D eigenvalue weighted by Gasteiger charge is -2.19. The van der Waals surface area contributed by atoms with Crippen LogP contribution in [-0.4, -0.2) is 10.5 Å². The van der Waals surface area contributed by atoms with E-state index in [9.17, 15) is 0 Å². The summed E-state index contributed by atoms with van der Waals surface area (Å²) in [6, 6.07) is 8.69. The molecule has 1 N–H and O–H groups in total. The van der Waals surface area contributed by atoms with Crippen molar-refractivity contribution < 1.29 is 0 Å². The van der Waals surface area contributed by atoms with Crippen LogP contribution in [0.2, 0.25) is 0 Å². The maximum absolute atomic E-state index is 4.70. The minimum atomic E-state index is 0.134. The first-order chi connectivity index (χ1) is 8.98. The van der Waals surface area contributed by atoms with Gasteiger partial charge >= 0.3 is 0 Å². The first-order valence-corrected chi connectivity index (χ1v) is 7.64. The third-order valence-corrected chi connectivity index (χ3v) is 3.83. The van der Waals surface area contributed by atoms with Crippen molar-refractivity contribution in [3.05, 3.63) is 40.2 Å². The number of hydrogen-bond acceptors (Lipinski definition) is 3. The van der Waals surface area contributed by atoms with Crippen molar-refractivity contribution in [2.75, 3.05) is 0 Å². The van der Waals surface area contributed by atoms with Gasteiger partial charge in [0.05, 0.1) is 5.69 Å². The van der Waals surface area contributed by atoms with Crippen molar-refractivity contribution >= 4 is 11.3 Å². The SMILES string of the molecule is CCc1ccc(-c2csc(CNC(C)(C)C)n2)cc1. The Hall–Kier alpha value is -1.19. The van der Waals surface area contributed by atoms with Gasteiger partial charge in [0.25, 0.3) is 0 Å². The summed E-state index contributed by atoms with van der Waals surface area (Å²) < 4.78 is 0. The molecule has 2 aromatic rings. The molecule has 2 nitrogen and oxygen atoms in total. The molecule has 0 aliphatic rings. The molecular formula is C16H22N2S. The second kappa shape index (κ2) is 5.85. The molecule has 19 heavy (non-hydrogen) atoms. The van der Waals surface area contributed by atoms with E-state index in [-0.39, 0.29) is 5.54 Å². The van der Waals surface area contributed by atoms with Crippen LogP contribution in [0.3, 0.4) is 0 Å². The van der Waals surface area contributed by atoms with Crippen molar-refractivity contribution in [2.24, 2.45) is 0 Å². The zero-order valence-corrected chi connectivity index (χ0v) is 13.0. The van der Waals surface area contributed by atoms with Crippen molar-refractivity contribution in [2.45, 2.75) is 46.2 Å². The second-order valence-corrected chi connectivity index (χ2v) is 6.72. The average Bonchev–Trinajstić information content (AvgIpc) is 2.84. The van der Waals surface area contributed by atoms with Crippen LogP contribution in [0.25, 0.3) is 11.3 Å². The molecule has 0 unspecified atom stereocenters. The summed E-state index contributed by atoms with van der Waals surface area (Å²) in [4.78, 5) is 4.70. The molecule has 0 saturated carbocycles. The van der Waals surface area contributed by atoms with E-state index in [1.807, 2.05) is 0 Å². The summed E-state index contributed by atoms with van der Waals surface area (Å²) in [5.41, 5.74) is 3.79. The van der Waals surface area contributed by atoms with Crippen molar-refractivity contribution in [1.29, 1.82) is 0 Å². The topological polar surface area (TPSA) is 24.9 Å². The number of aryl methyl sites for hydroxylation is 1. The number of thiazole rings is 1. The third kappa shape index (κ3) is 4.15. The standard InChI is InChI=1S/C16H22N2S/c1-5-12-6-8-13(9-7-12)14-11-19-15(18-14)10-17-16(2,3)4/h6-9,11,17H,5,10H2,1-4H3. The lowest BCUT2D eigenvalue weighted by Crippen LogP contribution is -2.34. The number of rotatable bonds is 4. The highest BCUT2D eigenvalue weighted by atomic mass is 32.1. The Bertz CT molecular complexity index is 520. The Morgan fingerprint density at radius 2 is 1.84 bits per heavy atom. The molecule has 1 aromatic heterocycles. The first kappa shape index (κ1) is 14.2. The van der Waals surface area contributed by atoms with E-state index in [1.54, 1.807) is 11.3 Å². The van der Waals surface area contributed by atoms with Gasteiger partial charge in [-0.15, -0.1) is 11.3 Å². The molecule has 0 amide bonds. The van der Waals surface area contributed by atoms with Crippen LogP contribution in [0.4, 0.5) is 0 Å². The number of benzene rings is 1. The Labute approximate surface area is 119 Å². The Morgan fingerprint density at radius 3 is 2.42 bits per heavy atom. The highest BCUT2D eigenvalue weighted by Gasteiger charge is 2.10. The molecule has 0 spiro atoms. The number of nitrogens with zero attached hydrogens (tertiary/aromatic N) is 1. The Kier molecular flexibility index (Phi) is 4.38. The molecule has 102 valence electrons. The number of hydrogen-bond donors (Lipinski definition) is 1. The zero-order chi connectivity index (χ0) is 13.9. The van der Waals surface area contributed by atoms with Gasteiger partial charge in [0, 0.05) is 23.0 Å². The average molecular weight is 274 g/mol. The predicted molar refractivity (Wildman–Crippen MR) is 83.5 cm³/mol. The Morgan fingerprint density at radius 1 is 1.16 bits per heavy atom. The van der Waals surface area contributed by atoms with E-state index in [4.69, 9.17) is 4.98 Å². The van der Waals surface area contributed by atoms with Gasteiger partial charge in [-0.2, -0.15) is 0 Å².